The van der Waals surface area contributed by atoms with Crippen LogP contribution in [-0.2, 0) is 17.8 Å². The zero-order valence-electron chi connectivity index (χ0n) is 18.6. The molecule has 3 amide bonds. The van der Waals surface area contributed by atoms with E-state index in [4.69, 9.17) is 27.9 Å². The van der Waals surface area contributed by atoms with Crippen molar-refractivity contribution in [2.75, 3.05) is 19.6 Å². The van der Waals surface area contributed by atoms with Crippen LogP contribution in [0.25, 0.3) is 10.8 Å². The molecule has 0 bridgehead atoms. The topological polar surface area (TPSA) is 61.9 Å². The number of amides is 3. The first kappa shape index (κ1) is 22.8. The maximum absolute atomic E-state index is 12.6. The van der Waals surface area contributed by atoms with E-state index in [1.54, 1.807) is 21.9 Å². The van der Waals surface area contributed by atoms with Gasteiger partial charge in [0.25, 0.3) is 0 Å². The summed E-state index contributed by atoms with van der Waals surface area (Å²) < 4.78 is 5.85. The molecule has 1 N–H and O–H groups in total. The van der Waals surface area contributed by atoms with Crippen LogP contribution >= 0.6 is 23.2 Å². The minimum Gasteiger partial charge on any atom is -0.441 e. The molecule has 2 fully saturated rings. The van der Waals surface area contributed by atoms with E-state index in [1.807, 2.05) is 18.2 Å². The van der Waals surface area contributed by atoms with Crippen LogP contribution in [0.15, 0.2) is 60.7 Å². The first-order valence-corrected chi connectivity index (χ1v) is 12.1. The molecule has 176 valence electrons. The molecule has 0 atom stereocenters. The quantitative estimate of drug-likeness (QED) is 0.492. The minimum absolute atomic E-state index is 0.140. The van der Waals surface area contributed by atoms with Gasteiger partial charge in [-0.05, 0) is 40.1 Å². The average Bonchev–Trinajstić information content (AvgIpc) is 3.14. The Morgan fingerprint density at radius 2 is 1.68 bits per heavy atom. The molecule has 2 aliphatic heterocycles. The van der Waals surface area contributed by atoms with Crippen LogP contribution in [0.5, 0.6) is 0 Å². The first-order valence-electron chi connectivity index (χ1n) is 11.3. The number of hydrogen-bond acceptors (Lipinski definition) is 3. The fourth-order valence-corrected chi connectivity index (χ4v) is 5.01. The van der Waals surface area contributed by atoms with Crippen molar-refractivity contribution in [2.24, 2.45) is 0 Å². The van der Waals surface area contributed by atoms with Gasteiger partial charge in [0.05, 0.1) is 16.6 Å². The summed E-state index contributed by atoms with van der Waals surface area (Å²) in [5, 5.41) is 6.21. The van der Waals surface area contributed by atoms with E-state index in [-0.39, 0.29) is 12.1 Å². The molecule has 0 saturated carbocycles. The molecule has 2 aliphatic rings. The van der Waals surface area contributed by atoms with Crippen LogP contribution in [0.1, 0.15) is 24.0 Å². The Balaban J connectivity index is 1.15. The number of nitrogens with zero attached hydrogens (tertiary/aromatic N) is 2. The highest BCUT2D eigenvalue weighted by molar-refractivity contribution is 6.42. The normalized spacial score (nSPS) is 17.3. The zero-order valence-corrected chi connectivity index (χ0v) is 20.1. The Hall–Kier alpha value is -2.96. The van der Waals surface area contributed by atoms with Crippen molar-refractivity contribution in [3.63, 3.8) is 0 Å². The Labute approximate surface area is 208 Å². The van der Waals surface area contributed by atoms with Gasteiger partial charge in [0.1, 0.15) is 5.60 Å². The highest BCUT2D eigenvalue weighted by Crippen LogP contribution is 2.34. The maximum atomic E-state index is 12.6. The summed E-state index contributed by atoms with van der Waals surface area (Å²) in [6, 6.07) is 19.6. The summed E-state index contributed by atoms with van der Waals surface area (Å²) in [6.07, 6.45) is 0.950. The molecular weight excluding hydrogens is 473 g/mol. The van der Waals surface area contributed by atoms with Crippen molar-refractivity contribution in [3.8, 4) is 0 Å². The molecule has 0 radical (unpaired) electrons. The van der Waals surface area contributed by atoms with Gasteiger partial charge >= 0.3 is 12.1 Å². The summed E-state index contributed by atoms with van der Waals surface area (Å²) in [5.41, 5.74) is 1.42. The number of ether oxygens (including phenoxy) is 1. The van der Waals surface area contributed by atoms with Crippen molar-refractivity contribution in [2.45, 2.75) is 31.5 Å². The number of carbonyl (C=O) groups excluding carboxylic acids is 2. The van der Waals surface area contributed by atoms with E-state index in [9.17, 15) is 9.59 Å². The van der Waals surface area contributed by atoms with Crippen molar-refractivity contribution in [3.05, 3.63) is 81.8 Å². The molecule has 5 rings (SSSR count). The predicted octanol–water partition coefficient (Wildman–Crippen LogP) is 5.84. The first-order chi connectivity index (χ1) is 16.4. The second-order valence-electron chi connectivity index (χ2n) is 8.98. The van der Waals surface area contributed by atoms with Crippen LogP contribution in [0.4, 0.5) is 9.59 Å². The summed E-state index contributed by atoms with van der Waals surface area (Å²) in [7, 11) is 0. The van der Waals surface area contributed by atoms with Gasteiger partial charge in [-0.2, -0.15) is 0 Å². The lowest BCUT2D eigenvalue weighted by molar-refractivity contribution is 0.00960. The minimum atomic E-state index is -0.533. The third kappa shape index (κ3) is 4.79. The summed E-state index contributed by atoms with van der Waals surface area (Å²) >= 11 is 12.0. The average molecular weight is 498 g/mol. The molecule has 3 aromatic rings. The number of likely N-dealkylation sites (tertiary alicyclic amines) is 1. The van der Waals surface area contributed by atoms with E-state index < -0.39 is 5.60 Å². The van der Waals surface area contributed by atoms with Gasteiger partial charge in [0.15, 0.2) is 0 Å². The molecular formula is C26H25Cl2N3O3. The number of carbonyl (C=O) groups is 2. The van der Waals surface area contributed by atoms with Gasteiger partial charge in [-0.25, -0.2) is 9.59 Å². The van der Waals surface area contributed by atoms with Crippen LogP contribution in [-0.4, -0.2) is 47.2 Å². The Kier molecular flexibility index (Phi) is 6.28. The number of halogens is 2. The lowest BCUT2D eigenvalue weighted by Crippen LogP contribution is -2.51. The SMILES string of the molecule is O=C(NCc1ccc(Cl)c(Cl)c1)N1CCC2(CC1)CN(Cc1ccc3ccccc3c1)C(=O)O2. The van der Waals surface area contributed by atoms with Gasteiger partial charge in [-0.1, -0.05) is 65.7 Å². The second kappa shape index (κ2) is 9.35. The Morgan fingerprint density at radius 1 is 0.941 bits per heavy atom. The number of fused-ring (bicyclic) bond motifs is 1. The number of benzene rings is 3. The molecule has 0 unspecified atom stereocenters. The predicted molar refractivity (Wildman–Crippen MR) is 133 cm³/mol. The van der Waals surface area contributed by atoms with Crippen molar-refractivity contribution < 1.29 is 14.3 Å². The lowest BCUT2D eigenvalue weighted by atomic mass is 9.91. The molecule has 3 aromatic carbocycles. The van der Waals surface area contributed by atoms with Crippen molar-refractivity contribution in [1.82, 2.24) is 15.1 Å². The van der Waals surface area contributed by atoms with Crippen molar-refractivity contribution >= 4 is 46.1 Å². The van der Waals surface area contributed by atoms with Gasteiger partial charge < -0.3 is 15.0 Å². The third-order valence-corrected chi connectivity index (χ3v) is 7.36. The van der Waals surface area contributed by atoms with E-state index in [0.29, 0.717) is 55.6 Å². The fraction of sp³-hybridized carbons (Fsp3) is 0.308. The number of hydrogen-bond donors (Lipinski definition) is 1. The molecule has 0 aliphatic carbocycles. The van der Waals surface area contributed by atoms with Crippen LogP contribution in [0.3, 0.4) is 0 Å². The summed E-state index contributed by atoms with van der Waals surface area (Å²) in [4.78, 5) is 28.8. The molecule has 2 saturated heterocycles. The standard InChI is InChI=1S/C26H25Cl2N3O3/c27-22-8-6-18(14-23(22)28)15-29-24(32)30-11-9-26(10-12-30)17-31(25(33)34-26)16-19-5-7-20-3-1-2-4-21(20)13-19/h1-8,13-14H,9-12,15-17H2,(H,29,32). The molecule has 34 heavy (non-hydrogen) atoms. The van der Waals surface area contributed by atoms with Crippen LogP contribution < -0.4 is 5.32 Å². The third-order valence-electron chi connectivity index (χ3n) is 6.62. The van der Waals surface area contributed by atoms with Gasteiger partial charge in [-0.3, -0.25) is 4.90 Å². The fourth-order valence-electron chi connectivity index (χ4n) is 4.69. The van der Waals surface area contributed by atoms with Crippen LogP contribution in [0, 0.1) is 0 Å². The molecule has 1 spiro atoms. The van der Waals surface area contributed by atoms with Gasteiger partial charge in [0, 0.05) is 39.0 Å². The molecule has 6 nitrogen and oxygen atoms in total. The number of urea groups is 1. The highest BCUT2D eigenvalue weighted by atomic mass is 35.5. The van der Waals surface area contributed by atoms with Gasteiger partial charge in [0.2, 0.25) is 0 Å². The highest BCUT2D eigenvalue weighted by Gasteiger charge is 2.47. The van der Waals surface area contributed by atoms with Crippen LogP contribution in [0.2, 0.25) is 10.0 Å². The largest absolute Gasteiger partial charge is 0.441 e. The molecule has 2 heterocycles. The smallest absolute Gasteiger partial charge is 0.410 e. The summed E-state index contributed by atoms with van der Waals surface area (Å²) in [6.45, 7) is 2.48. The van der Waals surface area contributed by atoms with E-state index >= 15 is 0 Å². The lowest BCUT2D eigenvalue weighted by Gasteiger charge is -2.37. The van der Waals surface area contributed by atoms with E-state index in [2.05, 4.69) is 35.6 Å². The Bertz CT molecular complexity index is 1240. The number of nitrogens with one attached hydrogen (secondary N) is 1. The van der Waals surface area contributed by atoms with Crippen molar-refractivity contribution in [1.29, 1.82) is 0 Å². The van der Waals surface area contributed by atoms with E-state index in [1.165, 1.54) is 5.39 Å². The number of rotatable bonds is 4. The van der Waals surface area contributed by atoms with Gasteiger partial charge in [-0.15, -0.1) is 0 Å². The van der Waals surface area contributed by atoms with E-state index in [0.717, 1.165) is 16.5 Å². The zero-order chi connectivity index (χ0) is 23.7. The maximum Gasteiger partial charge on any atom is 0.410 e. The number of piperidine rings is 1. The monoisotopic (exact) mass is 497 g/mol. The summed E-state index contributed by atoms with van der Waals surface area (Å²) in [5.74, 6) is 0. The molecule has 0 aromatic heterocycles. The molecule has 8 heteroatoms. The second-order valence-corrected chi connectivity index (χ2v) is 9.80. The Morgan fingerprint density at radius 3 is 2.44 bits per heavy atom.